The van der Waals surface area contributed by atoms with Gasteiger partial charge in [-0.1, -0.05) is 0 Å². The Labute approximate surface area is 87.3 Å². The first-order valence-electron chi connectivity index (χ1n) is 4.71. The molecule has 15 heavy (non-hydrogen) atoms. The van der Waals surface area contributed by atoms with Crippen LogP contribution in [0.2, 0.25) is 0 Å². The molecule has 1 N–H and O–H groups in total. The van der Waals surface area contributed by atoms with Gasteiger partial charge in [0.25, 0.3) is 0 Å². The third-order valence-electron chi connectivity index (χ3n) is 2.15. The molecule has 0 spiro atoms. The van der Waals surface area contributed by atoms with Gasteiger partial charge < -0.3 is 9.72 Å². The predicted octanol–water partition coefficient (Wildman–Crippen LogP) is 1.70. The molecule has 1 heterocycles. The average Bonchev–Trinajstić information content (AvgIpc) is 2.57. The molecular formula is C11H12N2O2. The van der Waals surface area contributed by atoms with Gasteiger partial charge in [-0.2, -0.15) is 0 Å². The maximum atomic E-state index is 10.9. The second kappa shape index (κ2) is 3.73. The zero-order valence-corrected chi connectivity index (χ0v) is 8.70. The molecule has 0 aliphatic carbocycles. The fraction of sp³-hybridized carbons (Fsp3) is 0.273. The summed E-state index contributed by atoms with van der Waals surface area (Å²) in [7, 11) is 1.62. The molecule has 1 aromatic carbocycles. The molecule has 0 saturated heterocycles. The van der Waals surface area contributed by atoms with E-state index in [1.54, 1.807) is 14.0 Å². The van der Waals surface area contributed by atoms with Crippen molar-refractivity contribution in [3.8, 4) is 5.75 Å². The number of H-pyrrole nitrogens is 1. The molecule has 0 amide bonds. The standard InChI is InChI=1S/C11H12N2O2/c1-7(14)5-11-12-9-4-3-8(15-2)6-10(9)13-11/h3-4,6H,5H2,1-2H3,(H,12,13). The average molecular weight is 204 g/mol. The summed E-state index contributed by atoms with van der Waals surface area (Å²) in [5.74, 6) is 1.58. The second-order valence-corrected chi connectivity index (χ2v) is 3.45. The van der Waals surface area contributed by atoms with Crippen molar-refractivity contribution in [3.05, 3.63) is 24.0 Å². The van der Waals surface area contributed by atoms with Crippen LogP contribution >= 0.6 is 0 Å². The largest absolute Gasteiger partial charge is 0.497 e. The van der Waals surface area contributed by atoms with E-state index in [0.717, 1.165) is 16.8 Å². The van der Waals surface area contributed by atoms with Crippen LogP contribution in [0.5, 0.6) is 5.75 Å². The number of methoxy groups -OCH3 is 1. The number of nitrogens with zero attached hydrogens (tertiary/aromatic N) is 1. The third kappa shape index (κ3) is 1.98. The topological polar surface area (TPSA) is 55.0 Å². The highest BCUT2D eigenvalue weighted by molar-refractivity contribution is 5.80. The van der Waals surface area contributed by atoms with Crippen molar-refractivity contribution in [2.24, 2.45) is 0 Å². The molecule has 0 saturated carbocycles. The van der Waals surface area contributed by atoms with Crippen LogP contribution < -0.4 is 4.74 Å². The van der Waals surface area contributed by atoms with Gasteiger partial charge in [-0.25, -0.2) is 4.98 Å². The van der Waals surface area contributed by atoms with Crippen LogP contribution in [0, 0.1) is 0 Å². The summed E-state index contributed by atoms with van der Waals surface area (Å²) in [6.45, 7) is 1.55. The number of carbonyl (C=O) groups is 1. The van der Waals surface area contributed by atoms with E-state index in [4.69, 9.17) is 4.74 Å². The highest BCUT2D eigenvalue weighted by Crippen LogP contribution is 2.18. The molecule has 0 fully saturated rings. The van der Waals surface area contributed by atoms with Gasteiger partial charge in [0.05, 0.1) is 24.6 Å². The molecule has 1 aromatic heterocycles. The molecule has 0 aliphatic heterocycles. The minimum absolute atomic E-state index is 0.0982. The molecule has 4 nitrogen and oxygen atoms in total. The third-order valence-corrected chi connectivity index (χ3v) is 2.15. The summed E-state index contributed by atoms with van der Waals surface area (Å²) in [5.41, 5.74) is 1.75. The van der Waals surface area contributed by atoms with Crippen molar-refractivity contribution in [1.29, 1.82) is 0 Å². The number of imidazole rings is 1. The molecule has 2 aromatic rings. The Kier molecular flexibility index (Phi) is 2.41. The minimum atomic E-state index is 0.0982. The van der Waals surface area contributed by atoms with Crippen LogP contribution in [0.3, 0.4) is 0 Å². The van der Waals surface area contributed by atoms with E-state index in [9.17, 15) is 4.79 Å². The number of ketones is 1. The number of ether oxygens (including phenoxy) is 1. The van der Waals surface area contributed by atoms with E-state index < -0.39 is 0 Å². The molecule has 4 heteroatoms. The molecule has 78 valence electrons. The summed E-state index contributed by atoms with van der Waals surface area (Å²) >= 11 is 0. The maximum Gasteiger partial charge on any atom is 0.137 e. The van der Waals surface area contributed by atoms with Gasteiger partial charge in [-0.3, -0.25) is 4.79 Å². The van der Waals surface area contributed by atoms with E-state index in [-0.39, 0.29) is 5.78 Å². The number of benzene rings is 1. The van der Waals surface area contributed by atoms with Crippen molar-refractivity contribution in [2.75, 3.05) is 7.11 Å². The maximum absolute atomic E-state index is 10.9. The fourth-order valence-corrected chi connectivity index (χ4v) is 1.49. The number of hydrogen-bond acceptors (Lipinski definition) is 3. The van der Waals surface area contributed by atoms with Crippen LogP contribution in [-0.4, -0.2) is 22.9 Å². The van der Waals surface area contributed by atoms with Gasteiger partial charge >= 0.3 is 0 Å². The van der Waals surface area contributed by atoms with E-state index >= 15 is 0 Å². The lowest BCUT2D eigenvalue weighted by molar-refractivity contribution is -0.116. The Morgan fingerprint density at radius 3 is 3.00 bits per heavy atom. The van der Waals surface area contributed by atoms with Crippen LogP contribution in [-0.2, 0) is 11.2 Å². The Bertz CT molecular complexity index is 502. The summed E-state index contributed by atoms with van der Waals surface area (Å²) in [5, 5.41) is 0. The highest BCUT2D eigenvalue weighted by atomic mass is 16.5. The predicted molar refractivity (Wildman–Crippen MR) is 57.0 cm³/mol. The van der Waals surface area contributed by atoms with Crippen molar-refractivity contribution >= 4 is 16.8 Å². The van der Waals surface area contributed by atoms with Crippen molar-refractivity contribution in [1.82, 2.24) is 9.97 Å². The number of Topliss-reactive ketones (excluding diaryl/α,β-unsaturated/α-hetero) is 1. The first kappa shape index (κ1) is 9.71. The summed E-state index contributed by atoms with van der Waals surface area (Å²) in [4.78, 5) is 18.3. The van der Waals surface area contributed by atoms with Gasteiger partial charge in [0, 0.05) is 6.07 Å². The van der Waals surface area contributed by atoms with Gasteiger partial charge in [0.15, 0.2) is 0 Å². The first-order valence-corrected chi connectivity index (χ1v) is 4.71. The summed E-state index contributed by atoms with van der Waals surface area (Å²) < 4.78 is 5.10. The molecule has 0 radical (unpaired) electrons. The lowest BCUT2D eigenvalue weighted by atomic mass is 10.3. The van der Waals surface area contributed by atoms with E-state index in [1.165, 1.54) is 0 Å². The fourth-order valence-electron chi connectivity index (χ4n) is 1.49. The zero-order valence-electron chi connectivity index (χ0n) is 8.70. The van der Waals surface area contributed by atoms with E-state index in [2.05, 4.69) is 9.97 Å². The minimum Gasteiger partial charge on any atom is -0.497 e. The van der Waals surface area contributed by atoms with Gasteiger partial charge in [-0.05, 0) is 19.1 Å². The number of aromatic amines is 1. The van der Waals surface area contributed by atoms with Gasteiger partial charge in [0.1, 0.15) is 17.4 Å². The molecular weight excluding hydrogens is 192 g/mol. The Morgan fingerprint density at radius 1 is 1.53 bits per heavy atom. The van der Waals surface area contributed by atoms with E-state index in [1.807, 2.05) is 18.2 Å². The quantitative estimate of drug-likeness (QED) is 0.827. The monoisotopic (exact) mass is 204 g/mol. The number of aromatic nitrogens is 2. The lowest BCUT2D eigenvalue weighted by Crippen LogP contribution is -1.97. The lowest BCUT2D eigenvalue weighted by Gasteiger charge is -1.96. The van der Waals surface area contributed by atoms with Crippen LogP contribution in [0.15, 0.2) is 18.2 Å². The second-order valence-electron chi connectivity index (χ2n) is 3.45. The molecule has 2 rings (SSSR count). The number of fused-ring (bicyclic) bond motifs is 1. The number of nitrogens with one attached hydrogen (secondary N) is 1. The zero-order chi connectivity index (χ0) is 10.8. The summed E-state index contributed by atoms with van der Waals surface area (Å²) in [6.07, 6.45) is 0.344. The van der Waals surface area contributed by atoms with Crippen molar-refractivity contribution in [2.45, 2.75) is 13.3 Å². The normalized spacial score (nSPS) is 10.5. The van der Waals surface area contributed by atoms with Gasteiger partial charge in [-0.15, -0.1) is 0 Å². The Balaban J connectivity index is 2.42. The molecule has 0 aliphatic rings. The molecule has 0 bridgehead atoms. The highest BCUT2D eigenvalue weighted by Gasteiger charge is 2.05. The smallest absolute Gasteiger partial charge is 0.137 e. The molecule has 0 unspecified atom stereocenters. The van der Waals surface area contributed by atoms with Gasteiger partial charge in [0.2, 0.25) is 0 Å². The SMILES string of the molecule is COc1ccc2nc(CC(C)=O)[nH]c2c1. The van der Waals surface area contributed by atoms with E-state index in [0.29, 0.717) is 12.2 Å². The van der Waals surface area contributed by atoms with Crippen molar-refractivity contribution < 1.29 is 9.53 Å². The molecule has 0 atom stereocenters. The Hall–Kier alpha value is -1.84. The van der Waals surface area contributed by atoms with Crippen LogP contribution in [0.25, 0.3) is 11.0 Å². The number of hydrogen-bond donors (Lipinski definition) is 1. The van der Waals surface area contributed by atoms with Crippen molar-refractivity contribution in [3.63, 3.8) is 0 Å². The summed E-state index contributed by atoms with van der Waals surface area (Å²) in [6, 6.07) is 5.58. The van der Waals surface area contributed by atoms with Crippen LogP contribution in [0.1, 0.15) is 12.7 Å². The first-order chi connectivity index (χ1) is 7.19. The van der Waals surface area contributed by atoms with Crippen LogP contribution in [0.4, 0.5) is 0 Å². The Morgan fingerprint density at radius 2 is 2.33 bits per heavy atom. The number of carbonyl (C=O) groups excluding carboxylic acids is 1. The number of rotatable bonds is 3.